The topological polar surface area (TPSA) is 115 Å². The van der Waals surface area contributed by atoms with Gasteiger partial charge in [0.15, 0.2) is 10.8 Å². The highest BCUT2D eigenvalue weighted by Crippen LogP contribution is 2.28. The van der Waals surface area contributed by atoms with Crippen molar-refractivity contribution in [3.05, 3.63) is 23.1 Å². The second-order valence-corrected chi connectivity index (χ2v) is 5.66. The molecule has 0 aliphatic heterocycles. The average molecular weight is 322 g/mol. The number of rotatable bonds is 6. The Morgan fingerprint density at radius 2 is 2.18 bits per heavy atom. The van der Waals surface area contributed by atoms with Gasteiger partial charge in [0.2, 0.25) is 0 Å². The Balaban J connectivity index is 2.25. The molecule has 9 heteroatoms. The molecule has 2 aromatic rings. The lowest BCUT2D eigenvalue weighted by molar-refractivity contribution is 0.0997. The van der Waals surface area contributed by atoms with Crippen molar-refractivity contribution in [1.29, 1.82) is 0 Å². The molecule has 2 amide bonds. The summed E-state index contributed by atoms with van der Waals surface area (Å²) >= 11 is 1.15. The van der Waals surface area contributed by atoms with Gasteiger partial charge in [0.25, 0.3) is 11.8 Å². The lowest BCUT2D eigenvalue weighted by atomic mass is 10.2. The zero-order chi connectivity index (χ0) is 16.3. The van der Waals surface area contributed by atoms with E-state index in [1.54, 1.807) is 24.9 Å². The number of carbonyl (C=O) groups is 2. The molecule has 2 heterocycles. The standard InChI is InChI=1S/C13H18N6O2S/c1-4-5-19-6-8(7(2)18-19)11(21)17-12-9(10(14)20)16-13(15-3)22-12/h6H,4-5H2,1-3H3,(H2,14,20)(H,15,16)(H,17,21). The quantitative estimate of drug-likeness (QED) is 0.744. The fraction of sp³-hybridized carbons (Fsp3) is 0.385. The van der Waals surface area contributed by atoms with Gasteiger partial charge < -0.3 is 16.4 Å². The Labute approximate surface area is 131 Å². The third-order valence-electron chi connectivity index (χ3n) is 2.95. The maximum absolute atomic E-state index is 12.4. The van der Waals surface area contributed by atoms with E-state index < -0.39 is 5.91 Å². The Kier molecular flexibility index (Phi) is 4.76. The van der Waals surface area contributed by atoms with Crippen molar-refractivity contribution in [3.63, 3.8) is 0 Å². The summed E-state index contributed by atoms with van der Waals surface area (Å²) in [5.74, 6) is -1.03. The first-order chi connectivity index (χ1) is 10.5. The summed E-state index contributed by atoms with van der Waals surface area (Å²) in [7, 11) is 1.67. The molecule has 0 radical (unpaired) electrons. The Hall–Kier alpha value is -2.42. The monoisotopic (exact) mass is 322 g/mol. The predicted octanol–water partition coefficient (Wildman–Crippen LogP) is 1.45. The van der Waals surface area contributed by atoms with E-state index in [1.807, 2.05) is 6.92 Å². The van der Waals surface area contributed by atoms with E-state index >= 15 is 0 Å². The zero-order valence-corrected chi connectivity index (χ0v) is 13.5. The molecule has 0 aliphatic rings. The number of nitrogens with one attached hydrogen (secondary N) is 2. The number of aryl methyl sites for hydroxylation is 2. The van der Waals surface area contributed by atoms with Crippen molar-refractivity contribution in [2.45, 2.75) is 26.8 Å². The second kappa shape index (κ2) is 6.56. The number of thiazole rings is 1. The smallest absolute Gasteiger partial charge is 0.270 e. The average Bonchev–Trinajstić information content (AvgIpc) is 3.03. The van der Waals surface area contributed by atoms with E-state index in [4.69, 9.17) is 5.73 Å². The van der Waals surface area contributed by atoms with Crippen LogP contribution in [0.3, 0.4) is 0 Å². The fourth-order valence-corrected chi connectivity index (χ4v) is 2.75. The minimum absolute atomic E-state index is 0.0429. The van der Waals surface area contributed by atoms with Crippen LogP contribution in [0.4, 0.5) is 10.1 Å². The Morgan fingerprint density at radius 1 is 1.45 bits per heavy atom. The van der Waals surface area contributed by atoms with Gasteiger partial charge in [0.05, 0.1) is 11.3 Å². The molecule has 0 atom stereocenters. The highest BCUT2D eigenvalue weighted by atomic mass is 32.1. The lowest BCUT2D eigenvalue weighted by Gasteiger charge is -2.02. The lowest BCUT2D eigenvalue weighted by Crippen LogP contribution is -2.17. The number of hydrogen-bond donors (Lipinski definition) is 3. The number of anilines is 2. The minimum Gasteiger partial charge on any atom is -0.365 e. The van der Waals surface area contributed by atoms with Gasteiger partial charge in [-0.05, 0) is 13.3 Å². The molecule has 0 saturated carbocycles. The van der Waals surface area contributed by atoms with Crippen LogP contribution in [0, 0.1) is 6.92 Å². The highest BCUT2D eigenvalue weighted by Gasteiger charge is 2.20. The van der Waals surface area contributed by atoms with Crippen molar-refractivity contribution >= 4 is 33.3 Å². The van der Waals surface area contributed by atoms with Gasteiger partial charge in [0, 0.05) is 19.8 Å². The zero-order valence-electron chi connectivity index (χ0n) is 12.6. The van der Waals surface area contributed by atoms with Crippen LogP contribution < -0.4 is 16.4 Å². The molecular formula is C13H18N6O2S. The molecule has 0 fully saturated rings. The minimum atomic E-state index is -0.688. The number of amides is 2. The first-order valence-electron chi connectivity index (χ1n) is 6.80. The number of nitrogens with two attached hydrogens (primary N) is 1. The molecule has 2 rings (SSSR count). The molecule has 118 valence electrons. The highest BCUT2D eigenvalue weighted by molar-refractivity contribution is 7.20. The first-order valence-corrected chi connectivity index (χ1v) is 7.61. The summed E-state index contributed by atoms with van der Waals surface area (Å²) in [4.78, 5) is 27.8. The van der Waals surface area contributed by atoms with Crippen LogP contribution in [0.15, 0.2) is 6.20 Å². The number of primary amides is 1. The van der Waals surface area contributed by atoms with Gasteiger partial charge in [-0.3, -0.25) is 14.3 Å². The summed E-state index contributed by atoms with van der Waals surface area (Å²) in [6.45, 7) is 4.54. The summed E-state index contributed by atoms with van der Waals surface area (Å²) < 4.78 is 1.73. The van der Waals surface area contributed by atoms with Crippen molar-refractivity contribution in [1.82, 2.24) is 14.8 Å². The third-order valence-corrected chi connectivity index (χ3v) is 3.93. The molecule has 0 unspecified atom stereocenters. The van der Waals surface area contributed by atoms with E-state index in [0.717, 1.165) is 24.3 Å². The van der Waals surface area contributed by atoms with Crippen molar-refractivity contribution < 1.29 is 9.59 Å². The summed E-state index contributed by atoms with van der Waals surface area (Å²) in [5.41, 5.74) is 6.41. The molecule has 4 N–H and O–H groups in total. The number of nitrogens with zero attached hydrogens (tertiary/aromatic N) is 3. The molecule has 0 aliphatic carbocycles. The van der Waals surface area contributed by atoms with E-state index in [2.05, 4.69) is 20.7 Å². The Bertz CT molecular complexity index is 705. The number of aromatic nitrogens is 3. The van der Waals surface area contributed by atoms with Crippen molar-refractivity contribution in [2.24, 2.45) is 5.73 Å². The summed E-state index contributed by atoms with van der Waals surface area (Å²) in [5, 5.41) is 10.6. The summed E-state index contributed by atoms with van der Waals surface area (Å²) in [6.07, 6.45) is 2.62. The van der Waals surface area contributed by atoms with Crippen LogP contribution in [-0.4, -0.2) is 33.6 Å². The van der Waals surface area contributed by atoms with Crippen LogP contribution in [0.25, 0.3) is 0 Å². The van der Waals surface area contributed by atoms with Gasteiger partial charge in [-0.15, -0.1) is 0 Å². The predicted molar refractivity (Wildman–Crippen MR) is 85.4 cm³/mol. The molecule has 0 bridgehead atoms. The Morgan fingerprint density at radius 3 is 2.77 bits per heavy atom. The third kappa shape index (κ3) is 3.25. The largest absolute Gasteiger partial charge is 0.365 e. The summed E-state index contributed by atoms with van der Waals surface area (Å²) in [6, 6.07) is 0. The molecule has 8 nitrogen and oxygen atoms in total. The van der Waals surface area contributed by atoms with Crippen molar-refractivity contribution in [3.8, 4) is 0 Å². The molecule has 0 spiro atoms. The van der Waals surface area contributed by atoms with E-state index in [-0.39, 0.29) is 11.6 Å². The molecular weight excluding hydrogens is 304 g/mol. The number of carbonyl (C=O) groups excluding carboxylic acids is 2. The normalized spacial score (nSPS) is 10.5. The molecule has 22 heavy (non-hydrogen) atoms. The maximum atomic E-state index is 12.4. The van der Waals surface area contributed by atoms with Crippen LogP contribution in [0.1, 0.15) is 39.9 Å². The van der Waals surface area contributed by atoms with Crippen LogP contribution in [0.2, 0.25) is 0 Å². The first kappa shape index (κ1) is 16.0. The molecule has 0 aromatic carbocycles. The van der Waals surface area contributed by atoms with E-state index in [0.29, 0.717) is 21.4 Å². The van der Waals surface area contributed by atoms with E-state index in [1.165, 1.54) is 0 Å². The number of hydrogen-bond acceptors (Lipinski definition) is 6. The SMILES string of the molecule is CCCn1cc(C(=O)Nc2sc(NC)nc2C(N)=O)c(C)n1. The molecule has 2 aromatic heterocycles. The van der Waals surface area contributed by atoms with E-state index in [9.17, 15) is 9.59 Å². The second-order valence-electron chi connectivity index (χ2n) is 4.66. The van der Waals surface area contributed by atoms with Gasteiger partial charge in [-0.1, -0.05) is 18.3 Å². The van der Waals surface area contributed by atoms with Gasteiger partial charge in [0.1, 0.15) is 5.00 Å². The van der Waals surface area contributed by atoms with Crippen molar-refractivity contribution in [2.75, 3.05) is 17.7 Å². The van der Waals surface area contributed by atoms with Crippen LogP contribution in [0.5, 0.6) is 0 Å². The fourth-order valence-electron chi connectivity index (χ4n) is 1.93. The maximum Gasteiger partial charge on any atom is 0.270 e. The molecule has 0 saturated heterocycles. The van der Waals surface area contributed by atoms with Crippen LogP contribution in [-0.2, 0) is 6.54 Å². The van der Waals surface area contributed by atoms with Crippen LogP contribution >= 0.6 is 11.3 Å². The van der Waals surface area contributed by atoms with Gasteiger partial charge in [-0.2, -0.15) is 5.10 Å². The van der Waals surface area contributed by atoms with Gasteiger partial charge >= 0.3 is 0 Å². The van der Waals surface area contributed by atoms with Gasteiger partial charge in [-0.25, -0.2) is 4.98 Å².